The van der Waals surface area contributed by atoms with Gasteiger partial charge in [0.15, 0.2) is 0 Å². The lowest BCUT2D eigenvalue weighted by atomic mass is 9.92. The molecule has 0 aliphatic rings. The minimum Gasteiger partial charge on any atom is -0.396 e. The second-order valence-corrected chi connectivity index (χ2v) is 4.13. The number of alkyl halides is 13. The van der Waals surface area contributed by atoms with Gasteiger partial charge in [-0.3, -0.25) is 0 Å². The van der Waals surface area contributed by atoms with Crippen LogP contribution in [0.4, 0.5) is 57.1 Å². The fourth-order valence-corrected chi connectivity index (χ4v) is 1.16. The fraction of sp³-hybridized carbons (Fsp3) is 0.889. The van der Waals surface area contributed by atoms with Gasteiger partial charge in [0.25, 0.3) is 0 Å². The van der Waals surface area contributed by atoms with Gasteiger partial charge in [-0.15, -0.1) is 0 Å². The second-order valence-electron chi connectivity index (χ2n) is 4.13. The SMILES string of the molecule is OCC[CH]C(F)(F)C(F)(F)C(F)(F)C(F)(F)C(F)(F)C(F)(F)F. The van der Waals surface area contributed by atoms with Gasteiger partial charge in [-0.2, -0.15) is 57.1 Å². The summed E-state index contributed by atoms with van der Waals surface area (Å²) < 4.78 is 163. The van der Waals surface area contributed by atoms with E-state index in [1.54, 1.807) is 0 Å². The van der Waals surface area contributed by atoms with Crippen LogP contribution in [0.15, 0.2) is 0 Å². The molecule has 139 valence electrons. The number of hydrogen-bond donors (Lipinski definition) is 1. The molecule has 0 aliphatic heterocycles. The van der Waals surface area contributed by atoms with E-state index < -0.39 is 55.2 Å². The zero-order chi connectivity index (χ0) is 19.1. The Bertz CT molecular complexity index is 410. The van der Waals surface area contributed by atoms with Crippen molar-refractivity contribution in [2.75, 3.05) is 6.61 Å². The van der Waals surface area contributed by atoms with Crippen molar-refractivity contribution >= 4 is 0 Å². The maximum Gasteiger partial charge on any atom is 0.460 e. The lowest BCUT2D eigenvalue weighted by molar-refractivity contribution is -0.437. The number of rotatable bonds is 7. The molecule has 1 radical (unpaired) electrons. The Balaban J connectivity index is 6.03. The molecule has 0 bridgehead atoms. The summed E-state index contributed by atoms with van der Waals surface area (Å²) in [5, 5.41) is 8.08. The summed E-state index contributed by atoms with van der Waals surface area (Å²) >= 11 is 0. The van der Waals surface area contributed by atoms with Gasteiger partial charge < -0.3 is 5.11 Å². The quantitative estimate of drug-likeness (QED) is 0.656. The largest absolute Gasteiger partial charge is 0.460 e. The van der Waals surface area contributed by atoms with Crippen molar-refractivity contribution in [2.45, 2.75) is 42.2 Å². The molecular formula is C9H6F13O. The summed E-state index contributed by atoms with van der Waals surface area (Å²) in [6.45, 7) is -1.34. The highest BCUT2D eigenvalue weighted by atomic mass is 19.4. The van der Waals surface area contributed by atoms with E-state index in [4.69, 9.17) is 5.11 Å². The van der Waals surface area contributed by atoms with Gasteiger partial charge in [-0.25, -0.2) is 0 Å². The molecule has 0 rings (SSSR count). The molecule has 0 aromatic carbocycles. The molecule has 0 amide bonds. The van der Waals surface area contributed by atoms with Gasteiger partial charge >= 0.3 is 35.8 Å². The average molecular weight is 377 g/mol. The molecule has 0 unspecified atom stereocenters. The number of halogens is 13. The van der Waals surface area contributed by atoms with Crippen molar-refractivity contribution < 1.29 is 62.2 Å². The first kappa shape index (κ1) is 22.1. The summed E-state index contributed by atoms with van der Waals surface area (Å²) in [6, 6.07) is 0. The van der Waals surface area contributed by atoms with E-state index in [0.717, 1.165) is 0 Å². The van der Waals surface area contributed by atoms with Gasteiger partial charge in [0.1, 0.15) is 0 Å². The van der Waals surface area contributed by atoms with Gasteiger partial charge in [0.2, 0.25) is 0 Å². The standard InChI is InChI=1S/C9H6F13O/c10-4(11,2-1-3-23)5(12,13)6(14,15)7(16,17)8(18,19)9(20,21)22/h2,23H,1,3H2. The monoisotopic (exact) mass is 377 g/mol. The molecule has 0 atom stereocenters. The van der Waals surface area contributed by atoms with Crippen LogP contribution in [0.2, 0.25) is 0 Å². The lowest BCUT2D eigenvalue weighted by Gasteiger charge is -2.39. The summed E-state index contributed by atoms with van der Waals surface area (Å²) in [7, 11) is 0. The van der Waals surface area contributed by atoms with Gasteiger partial charge in [0, 0.05) is 13.0 Å². The highest BCUT2D eigenvalue weighted by molar-refractivity contribution is 5.12. The normalized spacial score (nSPS) is 15.9. The van der Waals surface area contributed by atoms with Crippen LogP contribution in [0.1, 0.15) is 6.42 Å². The van der Waals surface area contributed by atoms with Crippen LogP contribution in [0.3, 0.4) is 0 Å². The first-order valence-corrected chi connectivity index (χ1v) is 5.22. The molecule has 23 heavy (non-hydrogen) atoms. The minimum atomic E-state index is -7.89. The van der Waals surface area contributed by atoms with Crippen molar-refractivity contribution in [2.24, 2.45) is 0 Å². The van der Waals surface area contributed by atoms with Crippen LogP contribution in [0, 0.1) is 6.42 Å². The van der Waals surface area contributed by atoms with Crippen molar-refractivity contribution in [3.05, 3.63) is 6.42 Å². The Hall–Kier alpha value is -0.950. The molecule has 0 fully saturated rings. The Kier molecular flexibility index (Phi) is 5.60. The molecule has 1 N–H and O–H groups in total. The van der Waals surface area contributed by atoms with E-state index in [1.165, 1.54) is 0 Å². The third-order valence-corrected chi connectivity index (χ3v) is 2.49. The minimum absolute atomic E-state index is 1.11. The maximum absolute atomic E-state index is 12.9. The van der Waals surface area contributed by atoms with Crippen molar-refractivity contribution in [1.29, 1.82) is 0 Å². The van der Waals surface area contributed by atoms with E-state index >= 15 is 0 Å². The topological polar surface area (TPSA) is 20.2 Å². The Morgan fingerprint density at radius 3 is 1.22 bits per heavy atom. The first-order valence-electron chi connectivity index (χ1n) is 5.22. The van der Waals surface area contributed by atoms with E-state index in [0.29, 0.717) is 0 Å². The summed E-state index contributed by atoms with van der Waals surface area (Å²) in [4.78, 5) is 0. The maximum atomic E-state index is 12.9. The van der Waals surface area contributed by atoms with Crippen LogP contribution >= 0.6 is 0 Å². The van der Waals surface area contributed by atoms with Crippen molar-refractivity contribution in [3.63, 3.8) is 0 Å². The van der Waals surface area contributed by atoms with E-state index in [1.807, 2.05) is 0 Å². The van der Waals surface area contributed by atoms with E-state index in [2.05, 4.69) is 0 Å². The molecular weight excluding hydrogens is 371 g/mol. The Labute approximate surface area is 119 Å². The summed E-state index contributed by atoms with van der Waals surface area (Å²) in [5.41, 5.74) is 0. The van der Waals surface area contributed by atoms with Crippen molar-refractivity contribution in [3.8, 4) is 0 Å². The predicted molar refractivity (Wildman–Crippen MR) is 46.8 cm³/mol. The van der Waals surface area contributed by atoms with E-state index in [-0.39, 0.29) is 0 Å². The van der Waals surface area contributed by atoms with Gasteiger partial charge in [-0.05, 0) is 6.42 Å². The second kappa shape index (κ2) is 5.84. The van der Waals surface area contributed by atoms with Gasteiger partial charge in [0.05, 0.1) is 0 Å². The molecule has 0 heterocycles. The van der Waals surface area contributed by atoms with Crippen LogP contribution in [0.25, 0.3) is 0 Å². The van der Waals surface area contributed by atoms with Crippen molar-refractivity contribution in [1.82, 2.24) is 0 Å². The van der Waals surface area contributed by atoms with Crippen LogP contribution in [0.5, 0.6) is 0 Å². The molecule has 1 nitrogen and oxygen atoms in total. The summed E-state index contributed by atoms with van der Waals surface area (Å²) in [6.07, 6.45) is -9.98. The number of aliphatic hydroxyl groups is 1. The molecule has 0 aromatic rings. The van der Waals surface area contributed by atoms with Crippen LogP contribution in [-0.4, -0.2) is 47.5 Å². The number of hydrogen-bond acceptors (Lipinski definition) is 1. The Morgan fingerprint density at radius 1 is 0.565 bits per heavy atom. The smallest absolute Gasteiger partial charge is 0.396 e. The van der Waals surface area contributed by atoms with E-state index in [9.17, 15) is 57.1 Å². The zero-order valence-corrected chi connectivity index (χ0v) is 10.4. The third kappa shape index (κ3) is 3.18. The molecule has 0 spiro atoms. The van der Waals surface area contributed by atoms with Gasteiger partial charge in [-0.1, -0.05) is 0 Å². The highest BCUT2D eigenvalue weighted by Gasteiger charge is 2.90. The molecule has 0 aliphatic carbocycles. The fourth-order valence-electron chi connectivity index (χ4n) is 1.16. The highest BCUT2D eigenvalue weighted by Crippen LogP contribution is 2.60. The molecule has 14 heteroatoms. The lowest BCUT2D eigenvalue weighted by Crippen LogP contribution is -2.70. The predicted octanol–water partition coefficient (Wildman–Crippen LogP) is 4.31. The zero-order valence-electron chi connectivity index (χ0n) is 10.4. The van der Waals surface area contributed by atoms with Crippen LogP contribution < -0.4 is 0 Å². The van der Waals surface area contributed by atoms with Crippen LogP contribution in [-0.2, 0) is 0 Å². The first-order chi connectivity index (χ1) is 9.81. The third-order valence-electron chi connectivity index (χ3n) is 2.49. The summed E-state index contributed by atoms with van der Waals surface area (Å²) in [5.74, 6) is -36.9. The molecule has 0 saturated heterocycles. The number of aliphatic hydroxyl groups excluding tert-OH is 1. The average Bonchev–Trinajstić information content (AvgIpc) is 2.34. The molecule has 0 saturated carbocycles. The molecule has 0 aromatic heterocycles. The Morgan fingerprint density at radius 2 is 0.913 bits per heavy atom.